The number of hydrogen-bond donors (Lipinski definition) is 1. The van der Waals surface area contributed by atoms with E-state index in [1.54, 1.807) is 0 Å². The molecular formula is C10H11NO. The van der Waals surface area contributed by atoms with E-state index in [1.807, 2.05) is 37.3 Å². The van der Waals surface area contributed by atoms with E-state index in [9.17, 15) is 4.79 Å². The van der Waals surface area contributed by atoms with Gasteiger partial charge in [-0.25, -0.2) is 0 Å². The summed E-state index contributed by atoms with van der Waals surface area (Å²) < 4.78 is 0. The number of nitrogens with one attached hydrogen (secondary N) is 1. The molecule has 1 aromatic carbocycles. The van der Waals surface area contributed by atoms with Crippen LogP contribution in [0.4, 0.5) is 0 Å². The number of hydrogen-bond acceptors (Lipinski definition) is 1. The van der Waals surface area contributed by atoms with Crippen LogP contribution < -0.4 is 5.32 Å². The molecule has 62 valence electrons. The summed E-state index contributed by atoms with van der Waals surface area (Å²) >= 11 is 0. The smallest absolute Gasteiger partial charge is 0.232 e. The molecule has 2 rings (SSSR count). The zero-order valence-corrected chi connectivity index (χ0v) is 7.00. The van der Waals surface area contributed by atoms with Crippen LogP contribution in [-0.4, -0.2) is 12.5 Å². The topological polar surface area (TPSA) is 29.1 Å². The van der Waals surface area contributed by atoms with Crippen LogP contribution in [0.5, 0.6) is 0 Å². The lowest BCUT2D eigenvalue weighted by atomic mass is 9.76. The lowest BCUT2D eigenvalue weighted by molar-refractivity contribution is -0.132. The van der Waals surface area contributed by atoms with Gasteiger partial charge in [0.1, 0.15) is 0 Å². The molecule has 0 radical (unpaired) electrons. The van der Waals surface area contributed by atoms with Crippen LogP contribution in [-0.2, 0) is 10.2 Å². The number of carbonyl (C=O) groups is 1. The number of β-lactam (4-membered cyclic amide) rings is 1. The number of benzene rings is 1. The molecule has 1 amide bonds. The summed E-state index contributed by atoms with van der Waals surface area (Å²) in [5, 5.41) is 2.76. The van der Waals surface area contributed by atoms with Crippen LogP contribution >= 0.6 is 0 Å². The molecule has 1 heterocycles. The molecule has 1 aliphatic rings. The standard InChI is InChI=1S/C10H11NO/c1-10(7-11-9(10)12)8-5-3-2-4-6-8/h2-6H,7H2,1H3,(H,11,12). The van der Waals surface area contributed by atoms with Gasteiger partial charge in [0.25, 0.3) is 0 Å². The van der Waals surface area contributed by atoms with Crippen LogP contribution in [0.3, 0.4) is 0 Å². The second-order valence-electron chi connectivity index (χ2n) is 3.38. The summed E-state index contributed by atoms with van der Waals surface area (Å²) in [6, 6.07) is 9.89. The average molecular weight is 161 g/mol. The third-order valence-corrected chi connectivity index (χ3v) is 2.51. The summed E-state index contributed by atoms with van der Waals surface area (Å²) in [6.45, 7) is 2.73. The molecule has 0 saturated carbocycles. The molecule has 0 bridgehead atoms. The van der Waals surface area contributed by atoms with Crippen molar-refractivity contribution in [1.29, 1.82) is 0 Å². The highest BCUT2D eigenvalue weighted by atomic mass is 16.2. The molecule has 1 unspecified atom stereocenters. The van der Waals surface area contributed by atoms with Crippen LogP contribution in [0.2, 0.25) is 0 Å². The van der Waals surface area contributed by atoms with E-state index in [4.69, 9.17) is 0 Å². The van der Waals surface area contributed by atoms with Crippen molar-refractivity contribution in [2.24, 2.45) is 0 Å². The van der Waals surface area contributed by atoms with E-state index in [2.05, 4.69) is 5.32 Å². The highest BCUT2D eigenvalue weighted by Gasteiger charge is 2.42. The maximum Gasteiger partial charge on any atom is 0.232 e. The van der Waals surface area contributed by atoms with Crippen LogP contribution in [0, 0.1) is 0 Å². The summed E-state index contributed by atoms with van der Waals surface area (Å²) in [5.74, 6) is 0.133. The van der Waals surface area contributed by atoms with E-state index < -0.39 is 0 Å². The van der Waals surface area contributed by atoms with E-state index in [0.29, 0.717) is 0 Å². The quantitative estimate of drug-likeness (QED) is 0.613. The van der Waals surface area contributed by atoms with E-state index in [-0.39, 0.29) is 11.3 Å². The van der Waals surface area contributed by atoms with Gasteiger partial charge in [0.15, 0.2) is 0 Å². The number of carbonyl (C=O) groups excluding carboxylic acids is 1. The minimum Gasteiger partial charge on any atom is -0.354 e. The van der Waals surface area contributed by atoms with Crippen molar-refractivity contribution in [1.82, 2.24) is 5.32 Å². The minimum absolute atomic E-state index is 0.133. The Hall–Kier alpha value is -1.31. The van der Waals surface area contributed by atoms with Crippen molar-refractivity contribution in [3.8, 4) is 0 Å². The molecule has 12 heavy (non-hydrogen) atoms. The minimum atomic E-state index is -0.277. The molecule has 2 nitrogen and oxygen atoms in total. The van der Waals surface area contributed by atoms with Gasteiger partial charge in [-0.1, -0.05) is 30.3 Å². The Bertz CT molecular complexity index is 307. The number of rotatable bonds is 1. The van der Waals surface area contributed by atoms with Gasteiger partial charge in [0, 0.05) is 6.54 Å². The average Bonchev–Trinajstić information content (AvgIpc) is 2.16. The maximum absolute atomic E-state index is 11.2. The van der Waals surface area contributed by atoms with Crippen molar-refractivity contribution in [3.63, 3.8) is 0 Å². The summed E-state index contributed by atoms with van der Waals surface area (Å²) in [7, 11) is 0. The molecule has 1 atom stereocenters. The zero-order chi connectivity index (χ0) is 8.60. The lowest BCUT2D eigenvalue weighted by Crippen LogP contribution is -2.60. The van der Waals surface area contributed by atoms with Gasteiger partial charge in [-0.15, -0.1) is 0 Å². The predicted octanol–water partition coefficient (Wildman–Crippen LogP) is 1.07. The molecule has 0 aromatic heterocycles. The summed E-state index contributed by atoms with van der Waals surface area (Å²) in [4.78, 5) is 11.2. The van der Waals surface area contributed by atoms with Gasteiger partial charge in [0.2, 0.25) is 5.91 Å². The Balaban J connectivity index is 2.37. The van der Waals surface area contributed by atoms with Crippen LogP contribution in [0.15, 0.2) is 30.3 Å². The largest absolute Gasteiger partial charge is 0.354 e. The fourth-order valence-electron chi connectivity index (χ4n) is 1.46. The fourth-order valence-corrected chi connectivity index (χ4v) is 1.46. The van der Waals surface area contributed by atoms with Crippen LogP contribution in [0.25, 0.3) is 0 Å². The normalized spacial score (nSPS) is 27.6. The highest BCUT2D eigenvalue weighted by molar-refractivity contribution is 5.93. The molecule has 0 spiro atoms. The van der Waals surface area contributed by atoms with E-state index >= 15 is 0 Å². The van der Waals surface area contributed by atoms with Crippen molar-refractivity contribution in [3.05, 3.63) is 35.9 Å². The molecule has 1 aliphatic heterocycles. The Labute approximate surface area is 71.6 Å². The first-order valence-corrected chi connectivity index (χ1v) is 4.07. The van der Waals surface area contributed by atoms with E-state index in [1.165, 1.54) is 0 Å². The molecule has 0 aliphatic carbocycles. The van der Waals surface area contributed by atoms with E-state index in [0.717, 1.165) is 12.1 Å². The fraction of sp³-hybridized carbons (Fsp3) is 0.300. The Morgan fingerprint density at radius 1 is 1.33 bits per heavy atom. The number of amides is 1. The molecule has 1 N–H and O–H groups in total. The third kappa shape index (κ3) is 0.843. The first kappa shape index (κ1) is 7.35. The molecule has 1 fully saturated rings. The molecule has 1 aromatic rings. The Morgan fingerprint density at radius 2 is 2.00 bits per heavy atom. The van der Waals surface area contributed by atoms with Gasteiger partial charge >= 0.3 is 0 Å². The van der Waals surface area contributed by atoms with Crippen LogP contribution in [0.1, 0.15) is 12.5 Å². The monoisotopic (exact) mass is 161 g/mol. The zero-order valence-electron chi connectivity index (χ0n) is 7.00. The van der Waals surface area contributed by atoms with Crippen molar-refractivity contribution in [2.75, 3.05) is 6.54 Å². The predicted molar refractivity (Wildman–Crippen MR) is 46.8 cm³/mol. The highest BCUT2D eigenvalue weighted by Crippen LogP contribution is 2.28. The second kappa shape index (κ2) is 2.34. The first-order chi connectivity index (χ1) is 5.73. The lowest BCUT2D eigenvalue weighted by Gasteiger charge is -2.37. The summed E-state index contributed by atoms with van der Waals surface area (Å²) in [6.07, 6.45) is 0. The van der Waals surface area contributed by atoms with Gasteiger partial charge in [0.05, 0.1) is 5.41 Å². The second-order valence-corrected chi connectivity index (χ2v) is 3.38. The van der Waals surface area contributed by atoms with Gasteiger partial charge in [-0.2, -0.15) is 0 Å². The maximum atomic E-state index is 11.2. The third-order valence-electron chi connectivity index (χ3n) is 2.51. The Kier molecular flexibility index (Phi) is 1.43. The SMILES string of the molecule is CC1(c2ccccc2)CNC1=O. The van der Waals surface area contributed by atoms with Crippen molar-refractivity contribution >= 4 is 5.91 Å². The molecule has 1 saturated heterocycles. The van der Waals surface area contributed by atoms with Crippen molar-refractivity contribution in [2.45, 2.75) is 12.3 Å². The molecule has 2 heteroatoms. The van der Waals surface area contributed by atoms with Crippen molar-refractivity contribution < 1.29 is 4.79 Å². The van der Waals surface area contributed by atoms with Gasteiger partial charge in [-0.3, -0.25) is 4.79 Å². The van der Waals surface area contributed by atoms with Gasteiger partial charge < -0.3 is 5.32 Å². The molecular weight excluding hydrogens is 150 g/mol. The van der Waals surface area contributed by atoms with Gasteiger partial charge in [-0.05, 0) is 12.5 Å². The Morgan fingerprint density at radius 3 is 2.42 bits per heavy atom. The summed E-state index contributed by atoms with van der Waals surface area (Å²) in [5.41, 5.74) is 0.829. The first-order valence-electron chi connectivity index (χ1n) is 4.07.